The number of halogens is 2. The van der Waals surface area contributed by atoms with Gasteiger partial charge in [-0.3, -0.25) is 18.6 Å². The first-order valence-electron chi connectivity index (χ1n) is 6.09. The van der Waals surface area contributed by atoms with E-state index in [2.05, 4.69) is 9.98 Å². The number of hydrogen-bond donors (Lipinski definition) is 0. The molecule has 0 spiro atoms. The Bertz CT molecular complexity index is 688. The fourth-order valence-corrected chi connectivity index (χ4v) is 2.13. The van der Waals surface area contributed by atoms with Crippen molar-refractivity contribution in [3.8, 4) is 0 Å². The molecule has 1 aliphatic heterocycles. The van der Waals surface area contributed by atoms with Gasteiger partial charge in [0, 0.05) is 23.7 Å². The summed E-state index contributed by atoms with van der Waals surface area (Å²) >= 11 is 0. The lowest BCUT2D eigenvalue weighted by molar-refractivity contribution is 0.628. The molecule has 0 aromatic carbocycles. The average molecular weight is 269 g/mol. The molecule has 0 saturated heterocycles. The molecule has 3 heterocycles. The third-order valence-corrected chi connectivity index (χ3v) is 2.98. The van der Waals surface area contributed by atoms with E-state index in [-0.39, 0.29) is 0 Å². The van der Waals surface area contributed by atoms with Gasteiger partial charge in [-0.05, 0) is 42.6 Å². The number of hydrogen-bond acceptors (Lipinski definition) is 2. The minimum Gasteiger partial charge on any atom is -0.332 e. The van der Waals surface area contributed by atoms with Crippen LogP contribution in [0.3, 0.4) is 0 Å². The van der Waals surface area contributed by atoms with Crippen LogP contribution >= 0.6 is 0 Å². The summed E-state index contributed by atoms with van der Waals surface area (Å²) in [6.45, 7) is 0. The van der Waals surface area contributed by atoms with Gasteiger partial charge in [-0.25, -0.2) is 0 Å². The van der Waals surface area contributed by atoms with Gasteiger partial charge in [-0.15, -0.1) is 0 Å². The molecule has 20 heavy (non-hydrogen) atoms. The molecule has 3 nitrogen and oxygen atoms in total. The van der Waals surface area contributed by atoms with Gasteiger partial charge in [-0.1, -0.05) is 6.07 Å². The van der Waals surface area contributed by atoms with Crippen LogP contribution in [0.1, 0.15) is 11.4 Å². The molecule has 0 radical (unpaired) electrons. The molecule has 0 saturated carbocycles. The first-order valence-corrected chi connectivity index (χ1v) is 6.09. The van der Waals surface area contributed by atoms with Gasteiger partial charge in [0.05, 0.1) is 11.4 Å². The van der Waals surface area contributed by atoms with Crippen molar-refractivity contribution in [2.24, 2.45) is 4.99 Å². The summed E-state index contributed by atoms with van der Waals surface area (Å²) in [6, 6.07) is 8.62. The Morgan fingerprint density at radius 1 is 1.15 bits per heavy atom. The van der Waals surface area contributed by atoms with Gasteiger partial charge in [-0.2, -0.15) is 0 Å². The second-order valence-corrected chi connectivity index (χ2v) is 4.19. The summed E-state index contributed by atoms with van der Waals surface area (Å²) in [5.74, 6) is 0. The Balaban J connectivity index is 2.22. The summed E-state index contributed by atoms with van der Waals surface area (Å²) in [6.07, 6.45) is 8.18. The van der Waals surface area contributed by atoms with Crippen LogP contribution in [0.15, 0.2) is 65.6 Å². The Morgan fingerprint density at radius 2 is 2.05 bits per heavy atom. The Kier molecular flexibility index (Phi) is 3.29. The lowest BCUT2D eigenvalue weighted by Crippen LogP contribution is -2.15. The van der Waals surface area contributed by atoms with Gasteiger partial charge in [0.2, 0.25) is 0 Å². The van der Waals surface area contributed by atoms with E-state index < -0.39 is 7.40 Å². The fraction of sp³-hybridized carbons (Fsp3) is 0. The van der Waals surface area contributed by atoms with E-state index in [4.69, 9.17) is 0 Å². The number of allylic oxidation sites excluding steroid dienone is 2. The van der Waals surface area contributed by atoms with E-state index in [0.717, 1.165) is 4.48 Å². The van der Waals surface area contributed by atoms with Crippen LogP contribution < -0.4 is 0 Å². The Morgan fingerprint density at radius 3 is 2.70 bits per heavy atom. The van der Waals surface area contributed by atoms with Gasteiger partial charge in [0.15, 0.2) is 0 Å². The molecule has 0 aliphatic carbocycles. The molecule has 0 amide bonds. The minimum atomic E-state index is -2.60. The number of pyridine rings is 1. The predicted octanol–water partition coefficient (Wildman–Crippen LogP) is 3.06. The Hall–Kier alpha value is -2.50. The molecular weight excluding hydrogens is 259 g/mol. The molecule has 1 aliphatic rings. The quantitative estimate of drug-likeness (QED) is 0.787. The van der Waals surface area contributed by atoms with Crippen molar-refractivity contribution in [1.82, 2.24) is 9.46 Å². The molecule has 0 bridgehead atoms. The monoisotopic (exact) mass is 269 g/mol. The van der Waals surface area contributed by atoms with Gasteiger partial charge in [0.1, 0.15) is 0 Å². The first kappa shape index (κ1) is 12.5. The summed E-state index contributed by atoms with van der Waals surface area (Å²) in [4.78, 5) is 8.47. The molecular formula is C14H10BF2N3. The zero-order chi connectivity index (χ0) is 13.9. The molecule has 2 aromatic rings. The maximum atomic E-state index is 13.1. The molecule has 98 valence electrons. The van der Waals surface area contributed by atoms with Gasteiger partial charge >= 0.3 is 7.40 Å². The lowest BCUT2D eigenvalue weighted by Gasteiger charge is -2.11. The lowest BCUT2D eigenvalue weighted by atomic mass is 10.0. The normalized spacial score (nSPS) is 15.7. The second-order valence-electron chi connectivity index (χ2n) is 4.19. The SMILES string of the molecule is FB(F)n1cccc1/C(=C1\C=CC=N1)c1ccccn1. The minimum absolute atomic E-state index is 0.400. The maximum Gasteiger partial charge on any atom is 0.677 e. The summed E-state index contributed by atoms with van der Waals surface area (Å²) in [5, 5.41) is 0. The molecule has 0 fully saturated rings. The van der Waals surface area contributed by atoms with Gasteiger partial charge < -0.3 is 4.48 Å². The van der Waals surface area contributed by atoms with Crippen molar-refractivity contribution in [3.63, 3.8) is 0 Å². The number of rotatable bonds is 3. The van der Waals surface area contributed by atoms with Crippen molar-refractivity contribution in [1.29, 1.82) is 0 Å². The molecule has 3 rings (SSSR count). The van der Waals surface area contributed by atoms with Crippen molar-refractivity contribution in [2.45, 2.75) is 0 Å². The molecule has 2 aromatic heterocycles. The van der Waals surface area contributed by atoms with Crippen LogP contribution in [0.25, 0.3) is 5.57 Å². The number of aliphatic imine (C=N–C) groups is 1. The standard InChI is InChI=1S/C14H10BF2N3/c16-15(17)20-10-4-7-13(20)14(12-6-3-9-19-12)11-5-1-2-8-18-11/h1-10H/b14-12+. The van der Waals surface area contributed by atoms with Crippen LogP contribution in [-0.2, 0) is 0 Å². The van der Waals surface area contributed by atoms with Gasteiger partial charge in [0.25, 0.3) is 0 Å². The molecule has 6 heteroatoms. The molecule has 0 atom stereocenters. The highest BCUT2D eigenvalue weighted by Crippen LogP contribution is 2.29. The third kappa shape index (κ3) is 2.20. The fourth-order valence-electron chi connectivity index (χ4n) is 2.13. The van der Waals surface area contributed by atoms with E-state index in [1.54, 1.807) is 48.8 Å². The highest BCUT2D eigenvalue weighted by Gasteiger charge is 2.23. The predicted molar refractivity (Wildman–Crippen MR) is 75.7 cm³/mol. The van der Waals surface area contributed by atoms with E-state index in [9.17, 15) is 8.63 Å². The number of aromatic nitrogens is 2. The van der Waals surface area contributed by atoms with Crippen molar-refractivity contribution >= 4 is 19.2 Å². The first-order chi connectivity index (χ1) is 9.77. The van der Waals surface area contributed by atoms with Crippen molar-refractivity contribution in [2.75, 3.05) is 0 Å². The largest absolute Gasteiger partial charge is 0.677 e. The zero-order valence-electron chi connectivity index (χ0n) is 10.4. The second kappa shape index (κ2) is 5.24. The molecule has 0 N–H and O–H groups in total. The van der Waals surface area contributed by atoms with E-state index in [0.29, 0.717) is 22.7 Å². The summed E-state index contributed by atoms with van der Waals surface area (Å²) in [5.41, 5.74) is 2.24. The van der Waals surface area contributed by atoms with E-state index in [1.807, 2.05) is 6.07 Å². The highest BCUT2D eigenvalue weighted by molar-refractivity contribution is 6.41. The summed E-state index contributed by atoms with van der Waals surface area (Å²) in [7, 11) is -2.60. The van der Waals surface area contributed by atoms with Crippen LogP contribution in [0, 0.1) is 0 Å². The third-order valence-electron chi connectivity index (χ3n) is 2.98. The van der Waals surface area contributed by atoms with E-state index >= 15 is 0 Å². The van der Waals surface area contributed by atoms with Crippen LogP contribution in [0.2, 0.25) is 0 Å². The zero-order valence-corrected chi connectivity index (χ0v) is 10.4. The van der Waals surface area contributed by atoms with Crippen LogP contribution in [0.5, 0.6) is 0 Å². The van der Waals surface area contributed by atoms with Crippen molar-refractivity contribution in [3.05, 3.63) is 72.0 Å². The highest BCUT2D eigenvalue weighted by atomic mass is 19.2. The number of nitrogens with zero attached hydrogens (tertiary/aromatic N) is 3. The maximum absolute atomic E-state index is 13.1. The van der Waals surface area contributed by atoms with Crippen LogP contribution in [-0.4, -0.2) is 23.1 Å². The summed E-state index contributed by atoms with van der Waals surface area (Å²) < 4.78 is 27.1. The Labute approximate surface area is 115 Å². The van der Waals surface area contributed by atoms with E-state index in [1.165, 1.54) is 6.20 Å². The topological polar surface area (TPSA) is 30.2 Å². The van der Waals surface area contributed by atoms with Crippen LogP contribution in [0.4, 0.5) is 8.63 Å². The molecule has 0 unspecified atom stereocenters. The van der Waals surface area contributed by atoms with Crippen molar-refractivity contribution < 1.29 is 8.63 Å². The average Bonchev–Trinajstić information content (AvgIpc) is 3.12. The smallest absolute Gasteiger partial charge is 0.332 e.